The highest BCUT2D eigenvalue weighted by Crippen LogP contribution is 2.49. The Labute approximate surface area is 120 Å². The van der Waals surface area contributed by atoms with Crippen molar-refractivity contribution in [2.75, 3.05) is 0 Å². The second kappa shape index (κ2) is 5.10. The first-order chi connectivity index (χ1) is 9.10. The SMILES string of the molecule is CCn1nc(C)c(Cl)c1CC(N)C1CC2CCC1C2. The van der Waals surface area contributed by atoms with Gasteiger partial charge in [0.1, 0.15) is 0 Å². The van der Waals surface area contributed by atoms with Crippen LogP contribution in [0.2, 0.25) is 5.02 Å². The Kier molecular flexibility index (Phi) is 3.61. The van der Waals surface area contributed by atoms with E-state index in [4.69, 9.17) is 17.3 Å². The lowest BCUT2D eigenvalue weighted by Crippen LogP contribution is -2.36. The molecule has 106 valence electrons. The van der Waals surface area contributed by atoms with Crippen LogP contribution in [0.15, 0.2) is 0 Å². The van der Waals surface area contributed by atoms with Gasteiger partial charge in [-0.25, -0.2) is 0 Å². The van der Waals surface area contributed by atoms with Crippen LogP contribution in [0.5, 0.6) is 0 Å². The highest BCUT2D eigenvalue weighted by molar-refractivity contribution is 6.31. The lowest BCUT2D eigenvalue weighted by atomic mass is 9.82. The number of halogens is 1. The minimum Gasteiger partial charge on any atom is -0.327 e. The summed E-state index contributed by atoms with van der Waals surface area (Å²) in [7, 11) is 0. The summed E-state index contributed by atoms with van der Waals surface area (Å²) in [5.41, 5.74) is 8.56. The van der Waals surface area contributed by atoms with Crippen molar-refractivity contribution >= 4 is 11.6 Å². The van der Waals surface area contributed by atoms with Crippen LogP contribution >= 0.6 is 11.6 Å². The molecule has 2 bridgehead atoms. The molecule has 4 atom stereocenters. The fourth-order valence-corrected chi connectivity index (χ4v) is 4.47. The van der Waals surface area contributed by atoms with Gasteiger partial charge in [-0.3, -0.25) is 4.68 Å². The van der Waals surface area contributed by atoms with Crippen molar-refractivity contribution in [3.8, 4) is 0 Å². The van der Waals surface area contributed by atoms with Gasteiger partial charge >= 0.3 is 0 Å². The quantitative estimate of drug-likeness (QED) is 0.921. The number of nitrogens with two attached hydrogens (primary N) is 1. The van der Waals surface area contributed by atoms with Crippen LogP contribution in [0.4, 0.5) is 0 Å². The van der Waals surface area contributed by atoms with Gasteiger partial charge in [-0.05, 0) is 50.9 Å². The minimum atomic E-state index is 0.245. The van der Waals surface area contributed by atoms with E-state index in [0.29, 0.717) is 5.92 Å². The Morgan fingerprint density at radius 3 is 2.79 bits per heavy atom. The maximum Gasteiger partial charge on any atom is 0.0847 e. The molecule has 2 N–H and O–H groups in total. The van der Waals surface area contributed by atoms with Gasteiger partial charge in [0.15, 0.2) is 0 Å². The second-order valence-electron chi connectivity index (χ2n) is 6.37. The molecular weight excluding hydrogens is 258 g/mol. The topological polar surface area (TPSA) is 43.8 Å². The van der Waals surface area contributed by atoms with E-state index in [1.54, 1.807) is 0 Å². The Bertz CT molecular complexity index is 468. The van der Waals surface area contributed by atoms with Crippen molar-refractivity contribution in [2.45, 2.75) is 58.5 Å². The van der Waals surface area contributed by atoms with Gasteiger partial charge in [0.2, 0.25) is 0 Å². The highest BCUT2D eigenvalue weighted by atomic mass is 35.5. The molecule has 1 aromatic rings. The predicted molar refractivity (Wildman–Crippen MR) is 78.3 cm³/mol. The van der Waals surface area contributed by atoms with E-state index >= 15 is 0 Å². The van der Waals surface area contributed by atoms with Crippen molar-refractivity contribution in [1.82, 2.24) is 9.78 Å². The second-order valence-corrected chi connectivity index (χ2v) is 6.75. The van der Waals surface area contributed by atoms with E-state index in [1.807, 2.05) is 11.6 Å². The molecule has 3 rings (SSSR count). The molecule has 19 heavy (non-hydrogen) atoms. The summed E-state index contributed by atoms with van der Waals surface area (Å²) in [6, 6.07) is 0.245. The maximum absolute atomic E-state index is 6.50. The molecule has 1 aromatic heterocycles. The highest BCUT2D eigenvalue weighted by Gasteiger charge is 2.42. The third-order valence-corrected chi connectivity index (χ3v) is 5.72. The van der Waals surface area contributed by atoms with Crippen molar-refractivity contribution in [3.63, 3.8) is 0 Å². The van der Waals surface area contributed by atoms with Gasteiger partial charge in [0.25, 0.3) is 0 Å². The summed E-state index contributed by atoms with van der Waals surface area (Å²) in [6.45, 7) is 4.95. The van der Waals surface area contributed by atoms with Gasteiger partial charge in [0, 0.05) is 19.0 Å². The van der Waals surface area contributed by atoms with E-state index in [9.17, 15) is 0 Å². The number of aromatic nitrogens is 2. The van der Waals surface area contributed by atoms with Crippen molar-refractivity contribution in [1.29, 1.82) is 0 Å². The van der Waals surface area contributed by atoms with Gasteiger partial charge in [0.05, 0.1) is 16.4 Å². The third kappa shape index (κ3) is 2.31. The molecule has 0 saturated heterocycles. The molecule has 4 unspecified atom stereocenters. The monoisotopic (exact) mass is 281 g/mol. The van der Waals surface area contributed by atoms with E-state index < -0.39 is 0 Å². The molecule has 3 nitrogen and oxygen atoms in total. The largest absolute Gasteiger partial charge is 0.327 e. The van der Waals surface area contributed by atoms with E-state index in [-0.39, 0.29) is 6.04 Å². The van der Waals surface area contributed by atoms with Gasteiger partial charge in [-0.2, -0.15) is 5.10 Å². The number of hydrogen-bond acceptors (Lipinski definition) is 2. The third-order valence-electron chi connectivity index (χ3n) is 5.22. The standard InChI is InChI=1S/C15H24ClN3/c1-3-19-14(15(16)9(2)18-19)8-13(17)12-7-10-4-5-11(12)6-10/h10-13H,3-8,17H2,1-2H3. The van der Waals surface area contributed by atoms with Crippen LogP contribution in [-0.4, -0.2) is 15.8 Å². The molecule has 4 heteroatoms. The summed E-state index contributed by atoms with van der Waals surface area (Å²) >= 11 is 6.38. The average Bonchev–Trinajstić information content (AvgIpc) is 3.08. The zero-order valence-electron chi connectivity index (χ0n) is 11.9. The molecule has 2 fully saturated rings. The van der Waals surface area contributed by atoms with Crippen LogP contribution in [0.25, 0.3) is 0 Å². The maximum atomic E-state index is 6.50. The molecule has 0 amide bonds. The van der Waals surface area contributed by atoms with Crippen molar-refractivity contribution in [3.05, 3.63) is 16.4 Å². The Balaban J connectivity index is 1.74. The molecule has 0 spiro atoms. The normalized spacial score (nSPS) is 31.1. The number of nitrogens with zero attached hydrogens (tertiary/aromatic N) is 2. The number of fused-ring (bicyclic) bond motifs is 2. The Morgan fingerprint density at radius 2 is 2.21 bits per heavy atom. The van der Waals surface area contributed by atoms with Crippen LogP contribution in [0.1, 0.15) is 44.0 Å². The van der Waals surface area contributed by atoms with Crippen molar-refractivity contribution in [2.24, 2.45) is 23.5 Å². The first-order valence-electron chi connectivity index (χ1n) is 7.57. The summed E-state index contributed by atoms with van der Waals surface area (Å²) in [6.07, 6.45) is 6.45. The van der Waals surface area contributed by atoms with E-state index in [2.05, 4.69) is 12.0 Å². The fraction of sp³-hybridized carbons (Fsp3) is 0.800. The smallest absolute Gasteiger partial charge is 0.0847 e. The van der Waals surface area contributed by atoms with Gasteiger partial charge in [-0.15, -0.1) is 0 Å². The number of aryl methyl sites for hydroxylation is 2. The summed E-state index contributed by atoms with van der Waals surface area (Å²) < 4.78 is 2.02. The zero-order valence-corrected chi connectivity index (χ0v) is 12.7. The minimum absolute atomic E-state index is 0.245. The van der Waals surface area contributed by atoms with Gasteiger partial charge in [-0.1, -0.05) is 18.0 Å². The van der Waals surface area contributed by atoms with Gasteiger partial charge < -0.3 is 5.73 Å². The van der Waals surface area contributed by atoms with Crippen molar-refractivity contribution < 1.29 is 0 Å². The lowest BCUT2D eigenvalue weighted by Gasteiger charge is -2.28. The number of rotatable bonds is 4. The number of hydrogen-bond donors (Lipinski definition) is 1. The molecule has 2 aliphatic carbocycles. The molecule has 2 saturated carbocycles. The molecule has 0 aromatic carbocycles. The van der Waals surface area contributed by atoms with Crippen LogP contribution in [0.3, 0.4) is 0 Å². The fourth-order valence-electron chi connectivity index (χ4n) is 4.26. The van der Waals surface area contributed by atoms with E-state index in [1.165, 1.54) is 25.7 Å². The lowest BCUT2D eigenvalue weighted by molar-refractivity contribution is 0.277. The molecule has 0 radical (unpaired) electrons. The first-order valence-corrected chi connectivity index (χ1v) is 7.95. The molecule has 0 aliphatic heterocycles. The summed E-state index contributed by atoms with van der Waals surface area (Å²) in [4.78, 5) is 0. The average molecular weight is 282 g/mol. The van der Waals surface area contributed by atoms with Crippen LogP contribution < -0.4 is 5.73 Å². The summed E-state index contributed by atoms with van der Waals surface area (Å²) in [5.74, 6) is 2.53. The van der Waals surface area contributed by atoms with E-state index in [0.717, 1.165) is 41.2 Å². The zero-order chi connectivity index (χ0) is 13.6. The summed E-state index contributed by atoms with van der Waals surface area (Å²) in [5, 5.41) is 5.31. The Morgan fingerprint density at radius 1 is 1.42 bits per heavy atom. The molecular formula is C15H24ClN3. The predicted octanol–water partition coefficient (Wildman–Crippen LogP) is 3.17. The molecule has 2 aliphatic rings. The van der Waals surface area contributed by atoms with Crippen LogP contribution in [-0.2, 0) is 13.0 Å². The Hall–Kier alpha value is -0.540. The first kappa shape index (κ1) is 13.4. The molecule has 1 heterocycles. The van der Waals surface area contributed by atoms with Crippen LogP contribution in [0, 0.1) is 24.7 Å².